The van der Waals surface area contributed by atoms with Gasteiger partial charge < -0.3 is 10.0 Å². The van der Waals surface area contributed by atoms with Gasteiger partial charge in [-0.1, -0.05) is 17.3 Å². The van der Waals surface area contributed by atoms with Crippen LogP contribution in [-0.4, -0.2) is 49.5 Å². The summed E-state index contributed by atoms with van der Waals surface area (Å²) in [6, 6.07) is 7.42. The molecule has 1 heterocycles. The smallest absolute Gasteiger partial charge is 0.323 e. The van der Waals surface area contributed by atoms with Gasteiger partial charge >= 0.3 is 5.97 Å². The van der Waals surface area contributed by atoms with Crippen LogP contribution in [0.5, 0.6) is 0 Å². The molecule has 0 spiro atoms. The second-order valence-corrected chi connectivity index (χ2v) is 4.88. The maximum atomic E-state index is 12.2. The van der Waals surface area contributed by atoms with Gasteiger partial charge in [-0.3, -0.25) is 9.59 Å². The Morgan fingerprint density at radius 2 is 2.10 bits per heavy atom. The molecule has 0 radical (unpaired) electrons. The van der Waals surface area contributed by atoms with E-state index in [0.29, 0.717) is 0 Å². The number of fused-ring (bicyclic) bond motifs is 1. The molecule has 1 aliphatic carbocycles. The normalized spacial score (nSPS) is 14.4. The maximum absolute atomic E-state index is 12.2. The van der Waals surface area contributed by atoms with E-state index in [-0.39, 0.29) is 25.0 Å². The van der Waals surface area contributed by atoms with Crippen molar-refractivity contribution < 1.29 is 14.7 Å². The summed E-state index contributed by atoms with van der Waals surface area (Å²) in [5, 5.41) is 16.8. The number of hydrogen-bond donors (Lipinski definition) is 1. The van der Waals surface area contributed by atoms with Crippen LogP contribution in [0.1, 0.15) is 12.8 Å². The summed E-state index contributed by atoms with van der Waals surface area (Å²) < 4.78 is 1.51. The quantitative estimate of drug-likeness (QED) is 0.858. The molecule has 104 valence electrons. The zero-order chi connectivity index (χ0) is 14.1. The Morgan fingerprint density at radius 3 is 2.80 bits per heavy atom. The van der Waals surface area contributed by atoms with Gasteiger partial charge in [0.25, 0.3) is 0 Å². The maximum Gasteiger partial charge on any atom is 0.323 e. The molecule has 20 heavy (non-hydrogen) atoms. The Kier molecular flexibility index (Phi) is 3.09. The fourth-order valence-electron chi connectivity index (χ4n) is 2.21. The van der Waals surface area contributed by atoms with Crippen molar-refractivity contribution in [3.63, 3.8) is 0 Å². The van der Waals surface area contributed by atoms with Crippen molar-refractivity contribution in [2.45, 2.75) is 25.4 Å². The van der Waals surface area contributed by atoms with Crippen LogP contribution in [0, 0.1) is 0 Å². The molecular formula is C13H14N4O3. The number of rotatable bonds is 5. The number of aromatic nitrogens is 3. The first kappa shape index (κ1) is 12.6. The summed E-state index contributed by atoms with van der Waals surface area (Å²) in [4.78, 5) is 24.5. The first-order chi connectivity index (χ1) is 9.65. The lowest BCUT2D eigenvalue weighted by molar-refractivity contribution is -0.145. The molecule has 1 N–H and O–H groups in total. The lowest BCUT2D eigenvalue weighted by Crippen LogP contribution is -2.39. The predicted octanol–water partition coefficient (Wildman–Crippen LogP) is 0.507. The van der Waals surface area contributed by atoms with E-state index in [1.165, 1.54) is 9.58 Å². The van der Waals surface area contributed by atoms with Crippen molar-refractivity contribution >= 4 is 22.9 Å². The molecule has 7 heteroatoms. The van der Waals surface area contributed by atoms with E-state index >= 15 is 0 Å². The van der Waals surface area contributed by atoms with Gasteiger partial charge in [-0.25, -0.2) is 4.68 Å². The second-order valence-electron chi connectivity index (χ2n) is 4.88. The summed E-state index contributed by atoms with van der Waals surface area (Å²) in [5.41, 5.74) is 1.49. The Labute approximate surface area is 114 Å². The van der Waals surface area contributed by atoms with E-state index < -0.39 is 5.97 Å². The van der Waals surface area contributed by atoms with Crippen molar-refractivity contribution in [3.05, 3.63) is 24.3 Å². The van der Waals surface area contributed by atoms with Crippen molar-refractivity contribution in [3.8, 4) is 0 Å². The molecule has 1 amide bonds. The van der Waals surface area contributed by atoms with E-state index in [2.05, 4.69) is 10.3 Å². The highest BCUT2D eigenvalue weighted by Crippen LogP contribution is 2.27. The second kappa shape index (κ2) is 4.92. The van der Waals surface area contributed by atoms with E-state index in [1.807, 2.05) is 24.3 Å². The Balaban J connectivity index is 1.78. The van der Waals surface area contributed by atoms with E-state index in [0.717, 1.165) is 23.9 Å². The number of nitrogens with zero attached hydrogens (tertiary/aromatic N) is 4. The molecule has 1 fully saturated rings. The lowest BCUT2D eigenvalue weighted by Gasteiger charge is -2.20. The van der Waals surface area contributed by atoms with Crippen LogP contribution in [0.4, 0.5) is 0 Å². The van der Waals surface area contributed by atoms with Gasteiger partial charge in [0.05, 0.1) is 5.52 Å². The van der Waals surface area contributed by atoms with Crippen molar-refractivity contribution in [2.24, 2.45) is 0 Å². The topological polar surface area (TPSA) is 88.3 Å². The fourth-order valence-corrected chi connectivity index (χ4v) is 2.21. The number of aliphatic carboxylic acids is 1. The molecule has 0 unspecified atom stereocenters. The summed E-state index contributed by atoms with van der Waals surface area (Å²) in [5.74, 6) is -1.22. The summed E-state index contributed by atoms with van der Waals surface area (Å²) in [6.07, 6.45) is 1.74. The first-order valence-electron chi connectivity index (χ1n) is 6.44. The zero-order valence-corrected chi connectivity index (χ0v) is 10.8. The Morgan fingerprint density at radius 1 is 1.35 bits per heavy atom. The monoisotopic (exact) mass is 274 g/mol. The minimum Gasteiger partial charge on any atom is -0.480 e. The summed E-state index contributed by atoms with van der Waals surface area (Å²) in [7, 11) is 0. The number of carbonyl (C=O) groups excluding carboxylic acids is 1. The number of carbonyl (C=O) groups is 2. The number of carboxylic acids is 1. The predicted molar refractivity (Wildman–Crippen MR) is 69.9 cm³/mol. The van der Waals surface area contributed by atoms with Crippen LogP contribution in [0.3, 0.4) is 0 Å². The van der Waals surface area contributed by atoms with Gasteiger partial charge in [0.15, 0.2) is 0 Å². The largest absolute Gasteiger partial charge is 0.480 e. The van der Waals surface area contributed by atoms with Crippen LogP contribution >= 0.6 is 0 Å². The molecule has 0 aliphatic heterocycles. The Hall–Kier alpha value is -2.44. The molecule has 1 aliphatic rings. The molecule has 0 saturated heterocycles. The van der Waals surface area contributed by atoms with E-state index in [1.54, 1.807) is 0 Å². The van der Waals surface area contributed by atoms with Gasteiger partial charge in [0.2, 0.25) is 5.91 Å². The molecule has 1 aromatic heterocycles. The van der Waals surface area contributed by atoms with Gasteiger partial charge in [-0.15, -0.1) is 5.10 Å². The number of para-hydroxylation sites is 1. The standard InChI is InChI=1S/C13H14N4O3/c18-12(16(8-13(19)20)9-5-6-9)7-17-11-4-2-1-3-10(11)14-15-17/h1-4,9H,5-8H2,(H,19,20). The van der Waals surface area contributed by atoms with Crippen LogP contribution in [0.15, 0.2) is 24.3 Å². The van der Waals surface area contributed by atoms with Crippen LogP contribution < -0.4 is 0 Å². The van der Waals surface area contributed by atoms with Gasteiger partial charge in [0, 0.05) is 6.04 Å². The van der Waals surface area contributed by atoms with Crippen LogP contribution in [0.25, 0.3) is 11.0 Å². The average Bonchev–Trinajstić information content (AvgIpc) is 3.19. The molecule has 0 bridgehead atoms. The third kappa shape index (κ3) is 2.47. The van der Waals surface area contributed by atoms with Gasteiger partial charge in [-0.2, -0.15) is 0 Å². The zero-order valence-electron chi connectivity index (χ0n) is 10.8. The molecule has 3 rings (SSSR count). The number of benzene rings is 1. The van der Waals surface area contributed by atoms with Gasteiger partial charge in [-0.05, 0) is 25.0 Å². The summed E-state index contributed by atoms with van der Waals surface area (Å²) >= 11 is 0. The fraction of sp³-hybridized carbons (Fsp3) is 0.385. The Bertz CT molecular complexity index is 662. The van der Waals surface area contributed by atoms with Crippen molar-refractivity contribution in [1.29, 1.82) is 0 Å². The lowest BCUT2D eigenvalue weighted by atomic mass is 10.3. The molecule has 7 nitrogen and oxygen atoms in total. The van der Waals surface area contributed by atoms with Crippen molar-refractivity contribution in [2.75, 3.05) is 6.54 Å². The van der Waals surface area contributed by atoms with Crippen LogP contribution in [-0.2, 0) is 16.1 Å². The van der Waals surface area contributed by atoms with Crippen molar-refractivity contribution in [1.82, 2.24) is 19.9 Å². The number of hydrogen-bond acceptors (Lipinski definition) is 4. The molecule has 1 saturated carbocycles. The number of amides is 1. The SMILES string of the molecule is O=C(O)CN(C(=O)Cn1nnc2ccccc21)C1CC1. The minimum atomic E-state index is -0.992. The first-order valence-corrected chi connectivity index (χ1v) is 6.44. The van der Waals surface area contributed by atoms with E-state index in [4.69, 9.17) is 5.11 Å². The molecule has 1 aromatic carbocycles. The average molecular weight is 274 g/mol. The van der Waals surface area contributed by atoms with Crippen LogP contribution in [0.2, 0.25) is 0 Å². The van der Waals surface area contributed by atoms with Gasteiger partial charge in [0.1, 0.15) is 18.6 Å². The molecule has 2 aromatic rings. The van der Waals surface area contributed by atoms with E-state index in [9.17, 15) is 9.59 Å². The highest BCUT2D eigenvalue weighted by atomic mass is 16.4. The molecular weight excluding hydrogens is 260 g/mol. The summed E-state index contributed by atoms with van der Waals surface area (Å²) in [6.45, 7) is -0.236. The minimum absolute atomic E-state index is 0.0181. The number of carboxylic acid groups (broad SMARTS) is 1. The highest BCUT2D eigenvalue weighted by molar-refractivity contribution is 5.83. The third-order valence-corrected chi connectivity index (χ3v) is 3.32. The molecule has 0 atom stereocenters. The third-order valence-electron chi connectivity index (χ3n) is 3.32. The highest BCUT2D eigenvalue weighted by Gasteiger charge is 2.34.